The van der Waals surface area contributed by atoms with Gasteiger partial charge in [0.05, 0.1) is 0 Å². The molecule has 0 spiro atoms. The molecule has 1 atom stereocenters. The highest BCUT2D eigenvalue weighted by Crippen LogP contribution is 2.24. The highest BCUT2D eigenvalue weighted by Gasteiger charge is 2.13. The average molecular weight is 145 g/mol. The molecular weight excluding hydrogens is 132 g/mol. The largest absolute Gasteiger partial charge is 0.0622 e. The fourth-order valence-corrected chi connectivity index (χ4v) is 1.81. The van der Waals surface area contributed by atoms with Crippen LogP contribution in [0.2, 0.25) is 0 Å². The van der Waals surface area contributed by atoms with E-state index in [2.05, 4.69) is 25.1 Å². The lowest BCUT2D eigenvalue weighted by Gasteiger charge is -2.20. The topological polar surface area (TPSA) is 0 Å². The maximum Gasteiger partial charge on any atom is -0.0181 e. The molecule has 0 heterocycles. The standard InChI is InChI=1S/C11H13/c1-9-6-7-10-4-2-3-5-11(10)8-9/h2,4-5,9H,6-8H2,1H3. The van der Waals surface area contributed by atoms with Gasteiger partial charge in [-0.3, -0.25) is 0 Å². The Hall–Kier alpha value is -0.780. The summed E-state index contributed by atoms with van der Waals surface area (Å²) in [4.78, 5) is 0. The predicted molar refractivity (Wildman–Crippen MR) is 46.5 cm³/mol. The molecule has 0 saturated carbocycles. The van der Waals surface area contributed by atoms with Crippen LogP contribution >= 0.6 is 0 Å². The van der Waals surface area contributed by atoms with Crippen LogP contribution in [0.3, 0.4) is 0 Å². The molecular formula is C11H13. The first kappa shape index (κ1) is 6.90. The Morgan fingerprint density at radius 3 is 3.27 bits per heavy atom. The predicted octanol–water partition coefficient (Wildman–Crippen LogP) is 2.61. The first-order valence-electron chi connectivity index (χ1n) is 4.34. The van der Waals surface area contributed by atoms with Gasteiger partial charge < -0.3 is 0 Å². The van der Waals surface area contributed by atoms with E-state index in [1.807, 2.05) is 6.07 Å². The number of hydrogen-bond donors (Lipinski definition) is 0. The van der Waals surface area contributed by atoms with Crippen LogP contribution in [0, 0.1) is 12.0 Å². The Bertz CT molecular complexity index is 250. The second-order valence-corrected chi connectivity index (χ2v) is 3.54. The zero-order valence-corrected chi connectivity index (χ0v) is 6.93. The van der Waals surface area contributed by atoms with E-state index in [1.54, 1.807) is 5.56 Å². The molecule has 0 N–H and O–H groups in total. The van der Waals surface area contributed by atoms with Crippen molar-refractivity contribution in [2.45, 2.75) is 26.2 Å². The Morgan fingerprint density at radius 2 is 2.36 bits per heavy atom. The molecule has 0 aliphatic heterocycles. The first-order chi connectivity index (χ1) is 5.36. The molecule has 0 bridgehead atoms. The molecule has 1 radical (unpaired) electrons. The van der Waals surface area contributed by atoms with Crippen LogP contribution in [0.15, 0.2) is 18.2 Å². The molecule has 1 aliphatic carbocycles. The van der Waals surface area contributed by atoms with Crippen molar-refractivity contribution < 1.29 is 0 Å². The van der Waals surface area contributed by atoms with Crippen LogP contribution in [-0.2, 0) is 12.8 Å². The van der Waals surface area contributed by atoms with Crippen molar-refractivity contribution in [2.24, 2.45) is 5.92 Å². The summed E-state index contributed by atoms with van der Waals surface area (Å²) in [5.41, 5.74) is 3.06. The Labute approximate surface area is 68.3 Å². The quantitative estimate of drug-likeness (QED) is 0.526. The van der Waals surface area contributed by atoms with Gasteiger partial charge >= 0.3 is 0 Å². The smallest absolute Gasteiger partial charge is 0.0181 e. The minimum Gasteiger partial charge on any atom is -0.0622 e. The van der Waals surface area contributed by atoms with Gasteiger partial charge in [0, 0.05) is 0 Å². The summed E-state index contributed by atoms with van der Waals surface area (Å²) in [6.07, 6.45) is 3.88. The van der Waals surface area contributed by atoms with Gasteiger partial charge in [0.25, 0.3) is 0 Å². The molecule has 0 fully saturated rings. The third-order valence-electron chi connectivity index (χ3n) is 2.53. The number of hydrogen-bond acceptors (Lipinski definition) is 0. The normalized spacial score (nSPS) is 22.8. The van der Waals surface area contributed by atoms with Gasteiger partial charge in [0.2, 0.25) is 0 Å². The minimum absolute atomic E-state index is 0.873. The molecule has 0 heteroatoms. The second-order valence-electron chi connectivity index (χ2n) is 3.54. The zero-order chi connectivity index (χ0) is 7.68. The number of benzene rings is 1. The number of rotatable bonds is 0. The van der Waals surface area contributed by atoms with E-state index in [4.69, 9.17) is 0 Å². The highest BCUT2D eigenvalue weighted by molar-refractivity contribution is 5.28. The highest BCUT2D eigenvalue weighted by atomic mass is 14.2. The van der Waals surface area contributed by atoms with Gasteiger partial charge in [-0.25, -0.2) is 0 Å². The van der Waals surface area contributed by atoms with Gasteiger partial charge in [0.1, 0.15) is 0 Å². The molecule has 11 heavy (non-hydrogen) atoms. The van der Waals surface area contributed by atoms with Crippen LogP contribution in [0.4, 0.5) is 0 Å². The Morgan fingerprint density at radius 1 is 1.45 bits per heavy atom. The molecule has 1 aromatic rings. The van der Waals surface area contributed by atoms with Gasteiger partial charge in [0.15, 0.2) is 0 Å². The Kier molecular flexibility index (Phi) is 1.69. The van der Waals surface area contributed by atoms with E-state index in [-0.39, 0.29) is 0 Å². The van der Waals surface area contributed by atoms with Crippen molar-refractivity contribution in [1.29, 1.82) is 0 Å². The van der Waals surface area contributed by atoms with Crippen molar-refractivity contribution in [1.82, 2.24) is 0 Å². The summed E-state index contributed by atoms with van der Waals surface area (Å²) in [5, 5.41) is 0. The van der Waals surface area contributed by atoms with Crippen LogP contribution in [-0.4, -0.2) is 0 Å². The lowest BCUT2D eigenvalue weighted by atomic mass is 9.85. The van der Waals surface area contributed by atoms with Gasteiger partial charge in [-0.15, -0.1) is 0 Å². The summed E-state index contributed by atoms with van der Waals surface area (Å²) in [6, 6.07) is 9.52. The molecule has 0 saturated heterocycles. The molecule has 1 unspecified atom stereocenters. The van der Waals surface area contributed by atoms with Gasteiger partial charge in [-0.1, -0.05) is 25.1 Å². The number of fused-ring (bicyclic) bond motifs is 1. The summed E-state index contributed by atoms with van der Waals surface area (Å²) >= 11 is 0. The molecule has 57 valence electrons. The maximum atomic E-state index is 3.14. The lowest BCUT2D eigenvalue weighted by molar-refractivity contribution is 0.501. The van der Waals surface area contributed by atoms with E-state index >= 15 is 0 Å². The molecule has 0 nitrogen and oxygen atoms in total. The fraction of sp³-hybridized carbons (Fsp3) is 0.455. The maximum absolute atomic E-state index is 3.14. The lowest BCUT2D eigenvalue weighted by Crippen LogP contribution is -2.10. The van der Waals surface area contributed by atoms with Crippen molar-refractivity contribution in [3.63, 3.8) is 0 Å². The van der Waals surface area contributed by atoms with Crippen LogP contribution in [0.5, 0.6) is 0 Å². The summed E-state index contributed by atoms with van der Waals surface area (Å²) in [6.45, 7) is 2.33. The third kappa shape index (κ3) is 1.30. The SMILES string of the molecule is CC1CCc2cc[c]cc2C1. The molecule has 1 aliphatic rings. The number of aryl methyl sites for hydroxylation is 1. The van der Waals surface area contributed by atoms with E-state index in [1.165, 1.54) is 24.8 Å². The van der Waals surface area contributed by atoms with E-state index in [0.29, 0.717) is 0 Å². The van der Waals surface area contributed by atoms with Crippen LogP contribution in [0.25, 0.3) is 0 Å². The van der Waals surface area contributed by atoms with Gasteiger partial charge in [-0.2, -0.15) is 0 Å². The van der Waals surface area contributed by atoms with E-state index in [9.17, 15) is 0 Å². The molecule has 0 amide bonds. The summed E-state index contributed by atoms with van der Waals surface area (Å²) in [7, 11) is 0. The second kappa shape index (κ2) is 2.69. The van der Waals surface area contributed by atoms with Gasteiger partial charge in [-0.05, 0) is 42.4 Å². The molecule has 1 aromatic carbocycles. The first-order valence-corrected chi connectivity index (χ1v) is 4.34. The van der Waals surface area contributed by atoms with E-state index < -0.39 is 0 Å². The van der Waals surface area contributed by atoms with E-state index in [0.717, 1.165) is 5.92 Å². The monoisotopic (exact) mass is 145 g/mol. The average Bonchev–Trinajstić information content (AvgIpc) is 2.04. The fourth-order valence-electron chi connectivity index (χ4n) is 1.81. The summed E-state index contributed by atoms with van der Waals surface area (Å²) < 4.78 is 0. The minimum atomic E-state index is 0.873. The van der Waals surface area contributed by atoms with Crippen molar-refractivity contribution in [3.05, 3.63) is 35.4 Å². The zero-order valence-electron chi connectivity index (χ0n) is 6.93. The van der Waals surface area contributed by atoms with Crippen molar-refractivity contribution in [2.75, 3.05) is 0 Å². The van der Waals surface area contributed by atoms with Crippen molar-refractivity contribution >= 4 is 0 Å². The van der Waals surface area contributed by atoms with Crippen LogP contribution < -0.4 is 0 Å². The Balaban J connectivity index is 2.34. The molecule has 0 aromatic heterocycles. The summed E-state index contributed by atoms with van der Waals surface area (Å²) in [5.74, 6) is 0.873. The van der Waals surface area contributed by atoms with Crippen LogP contribution in [0.1, 0.15) is 24.5 Å². The van der Waals surface area contributed by atoms with Crippen molar-refractivity contribution in [3.8, 4) is 0 Å². The molecule has 2 rings (SSSR count). The third-order valence-corrected chi connectivity index (χ3v) is 2.53.